The van der Waals surface area contributed by atoms with E-state index in [0.29, 0.717) is 6.54 Å². The smallest absolute Gasteiger partial charge is 0.415 e. The fourth-order valence-corrected chi connectivity index (χ4v) is 2.83. The van der Waals surface area contributed by atoms with E-state index in [9.17, 15) is 23.2 Å². The molecule has 1 N–H and O–H groups in total. The maximum Gasteiger partial charge on any atom is 0.415 e. The number of amides is 2. The third-order valence-electron chi connectivity index (χ3n) is 4.10. The van der Waals surface area contributed by atoms with Crippen molar-refractivity contribution in [1.82, 2.24) is 5.32 Å². The van der Waals surface area contributed by atoms with Gasteiger partial charge in [0.2, 0.25) is 0 Å². The van der Waals surface area contributed by atoms with Crippen molar-refractivity contribution in [2.75, 3.05) is 29.4 Å². The number of nitrogens with zero attached hydrogens (tertiary/aromatic N) is 2. The predicted octanol–water partition coefficient (Wildman–Crippen LogP) is 1.72. The molecular formula is C17H17F2N3O4. The van der Waals surface area contributed by atoms with Crippen molar-refractivity contribution in [3.8, 4) is 0 Å². The van der Waals surface area contributed by atoms with E-state index in [-0.39, 0.29) is 36.7 Å². The summed E-state index contributed by atoms with van der Waals surface area (Å²) in [6, 6.07) is 2.01. The van der Waals surface area contributed by atoms with Gasteiger partial charge in [0.15, 0.2) is 23.5 Å². The Morgan fingerprint density at radius 1 is 1.31 bits per heavy atom. The number of rotatable bonds is 4. The first kappa shape index (κ1) is 17.8. The van der Waals surface area contributed by atoms with Crippen LogP contribution in [0.15, 0.2) is 24.4 Å². The molecule has 138 valence electrons. The van der Waals surface area contributed by atoms with Crippen LogP contribution in [0.25, 0.3) is 0 Å². The first-order valence-corrected chi connectivity index (χ1v) is 8.13. The van der Waals surface area contributed by atoms with Gasteiger partial charge in [-0.3, -0.25) is 14.5 Å². The minimum Gasteiger partial charge on any atom is -0.434 e. The highest BCUT2D eigenvalue weighted by Gasteiger charge is 2.37. The molecule has 9 heteroatoms. The van der Waals surface area contributed by atoms with Crippen molar-refractivity contribution in [3.63, 3.8) is 0 Å². The molecule has 1 aromatic carbocycles. The third kappa shape index (κ3) is 3.37. The summed E-state index contributed by atoms with van der Waals surface area (Å²) < 4.78 is 33.9. The van der Waals surface area contributed by atoms with E-state index in [0.717, 1.165) is 17.0 Å². The predicted molar refractivity (Wildman–Crippen MR) is 88.8 cm³/mol. The monoisotopic (exact) mass is 365 g/mol. The van der Waals surface area contributed by atoms with Crippen molar-refractivity contribution in [3.05, 3.63) is 36.0 Å². The van der Waals surface area contributed by atoms with Crippen molar-refractivity contribution >= 4 is 29.2 Å². The molecule has 0 bridgehead atoms. The summed E-state index contributed by atoms with van der Waals surface area (Å²) in [6.45, 7) is 2.11. The minimum absolute atomic E-state index is 0.0439. The maximum absolute atomic E-state index is 14.5. The number of hydrogen-bond donors (Lipinski definition) is 1. The molecule has 2 aliphatic rings. The summed E-state index contributed by atoms with van der Waals surface area (Å²) in [7, 11) is 0. The van der Waals surface area contributed by atoms with E-state index in [1.165, 1.54) is 17.2 Å². The zero-order chi connectivity index (χ0) is 18.8. The number of carbonyl (C=O) groups excluding carboxylic acids is 3. The van der Waals surface area contributed by atoms with E-state index in [4.69, 9.17) is 4.74 Å². The van der Waals surface area contributed by atoms with Gasteiger partial charge >= 0.3 is 6.09 Å². The van der Waals surface area contributed by atoms with Crippen molar-refractivity contribution in [2.24, 2.45) is 0 Å². The van der Waals surface area contributed by atoms with E-state index in [1.54, 1.807) is 6.92 Å². The Morgan fingerprint density at radius 3 is 2.58 bits per heavy atom. The zero-order valence-corrected chi connectivity index (χ0v) is 14.0. The van der Waals surface area contributed by atoms with Gasteiger partial charge in [-0.05, 0) is 13.0 Å². The van der Waals surface area contributed by atoms with E-state index in [2.05, 4.69) is 5.32 Å². The molecule has 2 heterocycles. The van der Waals surface area contributed by atoms with Crippen LogP contribution in [0.5, 0.6) is 0 Å². The van der Waals surface area contributed by atoms with Crippen molar-refractivity contribution in [1.29, 1.82) is 0 Å². The van der Waals surface area contributed by atoms with Gasteiger partial charge in [-0.1, -0.05) is 0 Å². The third-order valence-corrected chi connectivity index (χ3v) is 4.10. The van der Waals surface area contributed by atoms with Gasteiger partial charge in [-0.25, -0.2) is 13.6 Å². The quantitative estimate of drug-likeness (QED) is 0.879. The number of hydrogen-bond acceptors (Lipinski definition) is 5. The van der Waals surface area contributed by atoms with E-state index < -0.39 is 29.7 Å². The fraction of sp³-hybridized carbons (Fsp3) is 0.353. The average molecular weight is 365 g/mol. The second kappa shape index (κ2) is 7.11. The van der Waals surface area contributed by atoms with Crippen molar-refractivity contribution in [2.45, 2.75) is 19.4 Å². The Balaban J connectivity index is 1.84. The lowest BCUT2D eigenvalue weighted by Crippen LogP contribution is -2.37. The fourth-order valence-electron chi connectivity index (χ4n) is 2.83. The number of benzene rings is 1. The molecule has 2 amide bonds. The molecular weight excluding hydrogens is 348 g/mol. The molecule has 1 aromatic rings. The average Bonchev–Trinajstić information content (AvgIpc) is 2.98. The van der Waals surface area contributed by atoms with Gasteiger partial charge < -0.3 is 15.0 Å². The molecule has 3 rings (SSSR count). The molecule has 1 saturated heterocycles. The highest BCUT2D eigenvalue weighted by Crippen LogP contribution is 2.32. The van der Waals surface area contributed by atoms with Crippen LogP contribution in [0, 0.1) is 11.6 Å². The SMILES string of the molecule is CCNC(=O)C1CN(c2cc(F)c(N3C=CC(=O)CC3)c(F)c2)C(=O)O1. The van der Waals surface area contributed by atoms with Crippen LogP contribution in [0.1, 0.15) is 13.3 Å². The molecule has 0 spiro atoms. The second-order valence-electron chi connectivity index (χ2n) is 5.86. The van der Waals surface area contributed by atoms with Crippen molar-refractivity contribution < 1.29 is 27.9 Å². The molecule has 0 aliphatic carbocycles. The largest absolute Gasteiger partial charge is 0.434 e. The molecule has 1 unspecified atom stereocenters. The van der Waals surface area contributed by atoms with Crippen LogP contribution < -0.4 is 15.1 Å². The molecule has 0 radical (unpaired) electrons. The van der Waals surface area contributed by atoms with E-state index >= 15 is 0 Å². The molecule has 26 heavy (non-hydrogen) atoms. The maximum atomic E-state index is 14.5. The van der Waals surface area contributed by atoms with Crippen LogP contribution in [-0.4, -0.2) is 43.5 Å². The zero-order valence-electron chi connectivity index (χ0n) is 14.0. The normalized spacial score (nSPS) is 19.7. The standard InChI is InChI=1S/C17H17F2N3O4/c1-2-20-16(24)14-9-22(17(25)26-14)10-7-12(18)15(13(19)8-10)21-5-3-11(23)4-6-21/h3,5,7-8,14H,2,4,6,9H2,1H3,(H,20,24). The number of carbonyl (C=O) groups is 3. The summed E-state index contributed by atoms with van der Waals surface area (Å²) in [5.41, 5.74) is -0.344. The highest BCUT2D eigenvalue weighted by molar-refractivity contribution is 5.96. The van der Waals surface area contributed by atoms with Crippen LogP contribution in [0.3, 0.4) is 0 Å². The molecule has 7 nitrogen and oxygen atoms in total. The Kier molecular flexibility index (Phi) is 4.88. The topological polar surface area (TPSA) is 79.0 Å². The number of anilines is 2. The lowest BCUT2D eigenvalue weighted by molar-refractivity contribution is -0.127. The van der Waals surface area contributed by atoms with Gasteiger partial charge in [-0.15, -0.1) is 0 Å². The number of halogens is 2. The summed E-state index contributed by atoms with van der Waals surface area (Å²) in [4.78, 5) is 37.3. The van der Waals surface area contributed by atoms with Gasteiger partial charge in [-0.2, -0.15) is 0 Å². The van der Waals surface area contributed by atoms with Gasteiger partial charge in [0.05, 0.1) is 12.2 Å². The number of cyclic esters (lactones) is 1. The Hall–Kier alpha value is -2.97. The van der Waals surface area contributed by atoms with Crippen LogP contribution >= 0.6 is 0 Å². The highest BCUT2D eigenvalue weighted by atomic mass is 19.1. The van der Waals surface area contributed by atoms with Gasteiger partial charge in [0, 0.05) is 37.8 Å². The van der Waals surface area contributed by atoms with Crippen LogP contribution in [0.4, 0.5) is 25.0 Å². The summed E-state index contributed by atoms with van der Waals surface area (Å²) in [5, 5.41) is 2.53. The number of ketones is 1. The van der Waals surface area contributed by atoms with Gasteiger partial charge in [0.1, 0.15) is 5.69 Å². The van der Waals surface area contributed by atoms with Crippen LogP contribution in [0.2, 0.25) is 0 Å². The molecule has 0 aromatic heterocycles. The first-order valence-electron chi connectivity index (χ1n) is 8.13. The summed E-state index contributed by atoms with van der Waals surface area (Å²) in [6.07, 6.45) is 0.845. The Labute approximate surface area is 148 Å². The Bertz CT molecular complexity index is 773. The summed E-state index contributed by atoms with van der Waals surface area (Å²) in [5.74, 6) is -2.35. The number of likely N-dealkylation sites (N-methyl/N-ethyl adjacent to an activating group) is 1. The number of ether oxygens (including phenoxy) is 1. The Morgan fingerprint density at radius 2 is 2.00 bits per heavy atom. The molecule has 2 aliphatic heterocycles. The van der Waals surface area contributed by atoms with Gasteiger partial charge in [0.25, 0.3) is 5.91 Å². The second-order valence-corrected chi connectivity index (χ2v) is 5.86. The minimum atomic E-state index is -1.04. The van der Waals surface area contributed by atoms with Crippen LogP contribution in [-0.2, 0) is 14.3 Å². The molecule has 0 saturated carbocycles. The van der Waals surface area contributed by atoms with E-state index in [1.807, 2.05) is 0 Å². The molecule has 1 fully saturated rings. The lowest BCUT2D eigenvalue weighted by Gasteiger charge is -2.25. The lowest BCUT2D eigenvalue weighted by atomic mass is 10.1. The number of allylic oxidation sites excluding steroid dienone is 1. The number of nitrogens with one attached hydrogen (secondary N) is 1. The first-order chi connectivity index (χ1) is 12.4. The molecule has 1 atom stereocenters. The summed E-state index contributed by atoms with van der Waals surface area (Å²) >= 11 is 0.